The van der Waals surface area contributed by atoms with E-state index in [1.165, 1.54) is 16.0 Å². The molecule has 3 aromatic rings. The van der Waals surface area contributed by atoms with Gasteiger partial charge in [0.05, 0.1) is 0 Å². The minimum absolute atomic E-state index is 0.128. The maximum Gasteiger partial charge on any atom is 0.265 e. The van der Waals surface area contributed by atoms with Crippen molar-refractivity contribution >= 4 is 23.4 Å². The summed E-state index contributed by atoms with van der Waals surface area (Å²) in [4.78, 5) is 13.9. The van der Waals surface area contributed by atoms with Crippen LogP contribution in [0.2, 0.25) is 0 Å². The Labute approximate surface area is 177 Å². The van der Waals surface area contributed by atoms with Crippen molar-refractivity contribution < 1.29 is 9.53 Å². The molecule has 1 N–H and O–H groups in total. The number of nitrogens with one attached hydrogen (secondary N) is 1. The molecule has 0 saturated carbocycles. The maximum absolute atomic E-state index is 12.7. The highest BCUT2D eigenvalue weighted by molar-refractivity contribution is 7.98. The molecule has 29 heavy (non-hydrogen) atoms. The second-order valence-corrected chi connectivity index (χ2v) is 8.10. The Balaban J connectivity index is 1.56. The van der Waals surface area contributed by atoms with Crippen molar-refractivity contribution in [3.05, 3.63) is 89.5 Å². The zero-order valence-electron chi connectivity index (χ0n) is 17.1. The second-order valence-electron chi connectivity index (χ2n) is 7.05. The molecule has 0 spiro atoms. The number of aryl methyl sites for hydroxylation is 2. The Bertz CT molecular complexity index is 939. The van der Waals surface area contributed by atoms with Crippen molar-refractivity contribution in [3.8, 4) is 5.75 Å². The summed E-state index contributed by atoms with van der Waals surface area (Å²) < 4.78 is 5.93. The number of hydrogen-bond donors (Lipinski definition) is 1. The van der Waals surface area contributed by atoms with Gasteiger partial charge in [-0.15, -0.1) is 11.8 Å². The largest absolute Gasteiger partial charge is 0.481 e. The number of hydrogen-bond acceptors (Lipinski definition) is 3. The van der Waals surface area contributed by atoms with Crippen molar-refractivity contribution in [2.75, 3.05) is 5.32 Å². The van der Waals surface area contributed by atoms with Crippen LogP contribution in [0.3, 0.4) is 0 Å². The fourth-order valence-electron chi connectivity index (χ4n) is 2.86. The number of carbonyl (C=O) groups excluding carboxylic acids is 1. The van der Waals surface area contributed by atoms with Crippen molar-refractivity contribution in [2.45, 2.75) is 43.9 Å². The van der Waals surface area contributed by atoms with Crippen molar-refractivity contribution in [2.24, 2.45) is 0 Å². The van der Waals surface area contributed by atoms with E-state index in [1.54, 1.807) is 11.8 Å². The molecule has 0 fully saturated rings. The summed E-state index contributed by atoms with van der Waals surface area (Å²) in [6.45, 7) is 6.06. The first-order valence-corrected chi connectivity index (χ1v) is 10.9. The van der Waals surface area contributed by atoms with Crippen LogP contribution < -0.4 is 10.1 Å². The van der Waals surface area contributed by atoms with E-state index in [0.29, 0.717) is 6.42 Å². The highest BCUT2D eigenvalue weighted by Crippen LogP contribution is 2.23. The molecule has 1 atom stereocenters. The van der Waals surface area contributed by atoms with Gasteiger partial charge < -0.3 is 10.1 Å². The predicted molar refractivity (Wildman–Crippen MR) is 122 cm³/mol. The fraction of sp³-hybridized carbons (Fsp3) is 0.240. The van der Waals surface area contributed by atoms with Gasteiger partial charge in [0.1, 0.15) is 5.75 Å². The minimum atomic E-state index is -0.523. The van der Waals surface area contributed by atoms with Crippen LogP contribution in [0.4, 0.5) is 5.69 Å². The van der Waals surface area contributed by atoms with Gasteiger partial charge in [0.25, 0.3) is 5.91 Å². The molecule has 3 nitrogen and oxygen atoms in total. The molecule has 0 saturated heterocycles. The Morgan fingerprint density at radius 1 is 0.966 bits per heavy atom. The first-order chi connectivity index (χ1) is 14.0. The van der Waals surface area contributed by atoms with Gasteiger partial charge in [-0.05, 0) is 73.4 Å². The average molecular weight is 406 g/mol. The van der Waals surface area contributed by atoms with Crippen LogP contribution in [0, 0.1) is 13.8 Å². The van der Waals surface area contributed by atoms with Crippen LogP contribution in [-0.4, -0.2) is 12.0 Å². The molecule has 3 aromatic carbocycles. The molecule has 0 aliphatic heterocycles. The molecule has 1 amide bonds. The summed E-state index contributed by atoms with van der Waals surface area (Å²) in [5.41, 5.74) is 4.36. The third-order valence-electron chi connectivity index (χ3n) is 4.79. The average Bonchev–Trinajstić information content (AvgIpc) is 2.74. The lowest BCUT2D eigenvalue weighted by Gasteiger charge is -2.18. The van der Waals surface area contributed by atoms with Crippen molar-refractivity contribution in [3.63, 3.8) is 0 Å². The van der Waals surface area contributed by atoms with E-state index in [2.05, 4.69) is 36.5 Å². The Kier molecular flexibility index (Phi) is 7.36. The summed E-state index contributed by atoms with van der Waals surface area (Å²) in [6.07, 6.45) is 0.0790. The summed E-state index contributed by atoms with van der Waals surface area (Å²) in [7, 11) is 0. The molecule has 4 heteroatoms. The molecular weight excluding hydrogens is 378 g/mol. The van der Waals surface area contributed by atoms with E-state index >= 15 is 0 Å². The lowest BCUT2D eigenvalue weighted by molar-refractivity contribution is -0.122. The first kappa shape index (κ1) is 21.0. The van der Waals surface area contributed by atoms with Crippen molar-refractivity contribution in [1.82, 2.24) is 0 Å². The normalized spacial score (nSPS) is 11.7. The number of benzene rings is 3. The predicted octanol–water partition coefficient (Wildman–Crippen LogP) is 6.39. The standard InChI is InChI=1S/C25H27NO2S/c1-4-24(28-22-15-10-18(2)19(3)16-22)25(27)26-21-13-11-20(12-14-21)17-29-23-8-6-5-7-9-23/h5-16,24H,4,17H2,1-3H3,(H,26,27)/t24-/m0/s1. The SMILES string of the molecule is CC[C@H](Oc1ccc(C)c(C)c1)C(=O)Nc1ccc(CSc2ccccc2)cc1. The first-order valence-electron chi connectivity index (χ1n) is 9.86. The number of rotatable bonds is 8. The number of amides is 1. The lowest BCUT2D eigenvalue weighted by Crippen LogP contribution is -2.32. The van der Waals surface area contributed by atoms with Crippen LogP contribution >= 0.6 is 11.8 Å². The van der Waals surface area contributed by atoms with Gasteiger partial charge in [-0.1, -0.05) is 43.3 Å². The van der Waals surface area contributed by atoms with Gasteiger partial charge in [-0.2, -0.15) is 0 Å². The molecular formula is C25H27NO2S. The number of carbonyl (C=O) groups is 1. The second kappa shape index (κ2) is 10.2. The van der Waals surface area contributed by atoms with Crippen molar-refractivity contribution in [1.29, 1.82) is 0 Å². The molecule has 3 rings (SSSR count). The van der Waals surface area contributed by atoms with E-state index in [0.717, 1.165) is 22.8 Å². The maximum atomic E-state index is 12.7. The van der Waals surface area contributed by atoms with Crippen LogP contribution in [-0.2, 0) is 10.5 Å². The Hall–Kier alpha value is -2.72. The van der Waals surface area contributed by atoms with E-state index in [9.17, 15) is 4.79 Å². The van der Waals surface area contributed by atoms with Gasteiger partial charge in [0.15, 0.2) is 6.10 Å². The summed E-state index contributed by atoms with van der Waals surface area (Å²) >= 11 is 1.80. The van der Waals surface area contributed by atoms with Crippen LogP contribution in [0.5, 0.6) is 5.75 Å². The van der Waals surface area contributed by atoms with Gasteiger partial charge in [-0.25, -0.2) is 0 Å². The minimum Gasteiger partial charge on any atom is -0.481 e. The third kappa shape index (κ3) is 6.13. The Morgan fingerprint density at radius 3 is 2.34 bits per heavy atom. The third-order valence-corrected chi connectivity index (χ3v) is 5.87. The van der Waals surface area contributed by atoms with E-state index < -0.39 is 6.10 Å². The highest BCUT2D eigenvalue weighted by Gasteiger charge is 2.18. The lowest BCUT2D eigenvalue weighted by atomic mass is 10.1. The van der Waals surface area contributed by atoms with Crippen LogP contribution in [0.25, 0.3) is 0 Å². The molecule has 0 aliphatic carbocycles. The van der Waals surface area contributed by atoms with Crippen LogP contribution in [0.1, 0.15) is 30.0 Å². The zero-order valence-corrected chi connectivity index (χ0v) is 18.0. The molecule has 0 bridgehead atoms. The van der Waals surface area contributed by atoms with Gasteiger partial charge in [0.2, 0.25) is 0 Å². The Morgan fingerprint density at radius 2 is 1.69 bits per heavy atom. The summed E-state index contributed by atoms with van der Waals surface area (Å²) in [5, 5.41) is 2.97. The quantitative estimate of drug-likeness (QED) is 0.441. The molecule has 0 aliphatic rings. The van der Waals surface area contributed by atoms with E-state index in [1.807, 2.05) is 62.4 Å². The molecule has 0 aromatic heterocycles. The monoisotopic (exact) mass is 405 g/mol. The van der Waals surface area contributed by atoms with E-state index in [-0.39, 0.29) is 5.91 Å². The van der Waals surface area contributed by atoms with Gasteiger partial charge >= 0.3 is 0 Å². The molecule has 0 unspecified atom stereocenters. The number of thioether (sulfide) groups is 1. The fourth-order valence-corrected chi connectivity index (χ4v) is 3.74. The zero-order chi connectivity index (χ0) is 20.6. The van der Waals surface area contributed by atoms with Gasteiger partial charge in [-0.3, -0.25) is 4.79 Å². The number of ether oxygens (including phenoxy) is 1. The number of anilines is 1. The summed E-state index contributed by atoms with van der Waals surface area (Å²) in [5.74, 6) is 1.49. The van der Waals surface area contributed by atoms with E-state index in [4.69, 9.17) is 4.74 Å². The topological polar surface area (TPSA) is 38.3 Å². The van der Waals surface area contributed by atoms with Crippen LogP contribution in [0.15, 0.2) is 77.7 Å². The molecule has 0 heterocycles. The smallest absolute Gasteiger partial charge is 0.265 e. The highest BCUT2D eigenvalue weighted by atomic mass is 32.2. The molecule has 150 valence electrons. The summed E-state index contributed by atoms with van der Waals surface area (Å²) in [6, 6.07) is 24.2. The van der Waals surface area contributed by atoms with Gasteiger partial charge in [0, 0.05) is 16.3 Å². The molecule has 0 radical (unpaired) electrons.